The number of anilines is 1. The second-order valence-corrected chi connectivity index (χ2v) is 8.69. The monoisotopic (exact) mass is 466 g/mol. The number of thiazole rings is 1. The first-order valence-electron chi connectivity index (χ1n) is 10.1. The van der Waals surface area contributed by atoms with E-state index < -0.39 is 0 Å². The second kappa shape index (κ2) is 9.54. The number of halogens is 1. The van der Waals surface area contributed by atoms with Gasteiger partial charge in [0.25, 0.3) is 0 Å². The molecule has 0 unspecified atom stereocenters. The van der Waals surface area contributed by atoms with Gasteiger partial charge >= 0.3 is 0 Å². The van der Waals surface area contributed by atoms with Crippen molar-refractivity contribution in [2.45, 2.75) is 26.7 Å². The summed E-state index contributed by atoms with van der Waals surface area (Å²) >= 11 is 7.51. The molecule has 0 aliphatic rings. The van der Waals surface area contributed by atoms with Crippen LogP contribution in [0.2, 0.25) is 5.02 Å². The molecule has 0 aliphatic heterocycles. The van der Waals surface area contributed by atoms with Crippen LogP contribution in [0.4, 0.5) is 5.69 Å². The number of hydrogen-bond acceptors (Lipinski definition) is 5. The molecule has 2 aromatic heterocycles. The van der Waals surface area contributed by atoms with Crippen molar-refractivity contribution in [2.24, 2.45) is 0 Å². The number of carbonyl (C=O) groups is 1. The third-order valence-electron chi connectivity index (χ3n) is 5.16. The highest BCUT2D eigenvalue weighted by Gasteiger charge is 2.17. The Hall–Kier alpha value is -3.16. The molecule has 4 aromatic rings. The molecule has 1 N–H and O–H groups in total. The van der Waals surface area contributed by atoms with Crippen molar-refractivity contribution < 1.29 is 9.53 Å². The summed E-state index contributed by atoms with van der Waals surface area (Å²) in [4.78, 5) is 17.2. The predicted octanol–water partition coefficient (Wildman–Crippen LogP) is 5.38. The maximum absolute atomic E-state index is 12.6. The number of nitrogens with zero attached hydrogens (tertiary/aromatic N) is 3. The molecular formula is C24H23ClN4O2S. The molecule has 0 atom stereocenters. The molecule has 6 nitrogen and oxygen atoms in total. The summed E-state index contributed by atoms with van der Waals surface area (Å²) in [5, 5.41) is 10.7. The minimum Gasteiger partial charge on any atom is -0.495 e. The largest absolute Gasteiger partial charge is 0.495 e. The summed E-state index contributed by atoms with van der Waals surface area (Å²) < 4.78 is 7.14. The molecule has 0 fully saturated rings. The number of aromatic nitrogens is 3. The van der Waals surface area contributed by atoms with Crippen LogP contribution in [0.15, 0.2) is 53.9 Å². The smallest absolute Gasteiger partial charge is 0.230 e. The summed E-state index contributed by atoms with van der Waals surface area (Å²) in [5.41, 5.74) is 5.68. The zero-order valence-corrected chi connectivity index (χ0v) is 19.6. The van der Waals surface area contributed by atoms with Crippen LogP contribution in [-0.4, -0.2) is 27.8 Å². The van der Waals surface area contributed by atoms with E-state index in [1.54, 1.807) is 25.3 Å². The van der Waals surface area contributed by atoms with Gasteiger partial charge in [-0.3, -0.25) is 4.79 Å². The summed E-state index contributed by atoms with van der Waals surface area (Å²) in [7, 11) is 1.55. The van der Waals surface area contributed by atoms with Gasteiger partial charge in [0, 0.05) is 28.1 Å². The van der Waals surface area contributed by atoms with E-state index in [4.69, 9.17) is 21.4 Å². The van der Waals surface area contributed by atoms with E-state index in [0.717, 1.165) is 22.9 Å². The lowest BCUT2D eigenvalue weighted by Gasteiger charge is -2.10. The van der Waals surface area contributed by atoms with E-state index >= 15 is 0 Å². The predicted molar refractivity (Wildman–Crippen MR) is 128 cm³/mol. The van der Waals surface area contributed by atoms with Gasteiger partial charge in [0.15, 0.2) is 0 Å². The fourth-order valence-electron chi connectivity index (χ4n) is 3.53. The van der Waals surface area contributed by atoms with E-state index in [1.807, 2.05) is 35.2 Å². The van der Waals surface area contributed by atoms with Gasteiger partial charge in [-0.2, -0.15) is 5.10 Å². The average Bonchev–Trinajstić information content (AvgIpc) is 3.34. The molecule has 0 saturated carbocycles. The van der Waals surface area contributed by atoms with Crippen molar-refractivity contribution in [1.29, 1.82) is 0 Å². The summed E-state index contributed by atoms with van der Waals surface area (Å²) in [6.45, 7) is 4.07. The van der Waals surface area contributed by atoms with Crippen LogP contribution in [0.25, 0.3) is 5.13 Å². The van der Waals surface area contributed by atoms with Crippen LogP contribution < -0.4 is 10.1 Å². The topological polar surface area (TPSA) is 69.0 Å². The average molecular weight is 467 g/mol. The Labute approximate surface area is 195 Å². The number of amides is 1. The maximum atomic E-state index is 12.6. The molecule has 8 heteroatoms. The normalized spacial score (nSPS) is 10.9. The van der Waals surface area contributed by atoms with Crippen LogP contribution in [0.1, 0.15) is 28.2 Å². The fourth-order valence-corrected chi connectivity index (χ4v) is 4.53. The molecule has 164 valence electrons. The number of hydrogen-bond donors (Lipinski definition) is 1. The van der Waals surface area contributed by atoms with Crippen LogP contribution in [-0.2, 0) is 17.6 Å². The van der Waals surface area contributed by atoms with Gasteiger partial charge in [-0.1, -0.05) is 41.9 Å². The molecular weight excluding hydrogens is 444 g/mol. The molecule has 4 rings (SSSR count). The minimum absolute atomic E-state index is 0.141. The van der Waals surface area contributed by atoms with Crippen LogP contribution in [0.5, 0.6) is 5.75 Å². The Morgan fingerprint density at radius 3 is 2.72 bits per heavy atom. The highest BCUT2D eigenvalue weighted by atomic mass is 35.5. The van der Waals surface area contributed by atoms with Gasteiger partial charge in [-0.05, 0) is 37.6 Å². The third kappa shape index (κ3) is 4.84. The Morgan fingerprint density at radius 1 is 1.19 bits per heavy atom. The van der Waals surface area contributed by atoms with Gasteiger partial charge in [0.05, 0.1) is 30.6 Å². The molecule has 0 aliphatic carbocycles. The summed E-state index contributed by atoms with van der Waals surface area (Å²) in [6, 6.07) is 15.4. The molecule has 0 saturated heterocycles. The lowest BCUT2D eigenvalue weighted by molar-refractivity contribution is -0.115. The molecule has 0 spiro atoms. The Balaban J connectivity index is 1.49. The van der Waals surface area contributed by atoms with Crippen LogP contribution in [0, 0.1) is 13.8 Å². The lowest BCUT2D eigenvalue weighted by atomic mass is 10.0. The van der Waals surface area contributed by atoms with Crippen LogP contribution in [0.3, 0.4) is 0 Å². The zero-order valence-electron chi connectivity index (χ0n) is 18.1. The van der Waals surface area contributed by atoms with Crippen molar-refractivity contribution in [2.75, 3.05) is 12.4 Å². The number of ether oxygens (including phenoxy) is 1. The number of benzene rings is 2. The maximum Gasteiger partial charge on any atom is 0.230 e. The van der Waals surface area contributed by atoms with Crippen molar-refractivity contribution in [3.63, 3.8) is 0 Å². The quantitative estimate of drug-likeness (QED) is 0.397. The zero-order chi connectivity index (χ0) is 22.7. The molecule has 1 amide bonds. The van der Waals surface area contributed by atoms with E-state index in [0.29, 0.717) is 22.2 Å². The fraction of sp³-hybridized carbons (Fsp3) is 0.208. The number of nitrogens with one attached hydrogen (secondary N) is 1. The van der Waals surface area contributed by atoms with Gasteiger partial charge in [0.1, 0.15) is 5.75 Å². The number of carbonyl (C=O) groups excluding carboxylic acids is 1. The summed E-state index contributed by atoms with van der Waals surface area (Å²) in [6.07, 6.45) is 0.961. The van der Waals surface area contributed by atoms with E-state index in [1.165, 1.54) is 22.5 Å². The molecule has 32 heavy (non-hydrogen) atoms. The Kier molecular flexibility index (Phi) is 6.58. The van der Waals surface area contributed by atoms with Gasteiger partial charge < -0.3 is 10.1 Å². The lowest BCUT2D eigenvalue weighted by Crippen LogP contribution is -2.15. The summed E-state index contributed by atoms with van der Waals surface area (Å²) in [5.74, 6) is 0.357. The van der Waals surface area contributed by atoms with Crippen molar-refractivity contribution in [3.8, 4) is 10.9 Å². The molecule has 0 bridgehead atoms. The van der Waals surface area contributed by atoms with Crippen molar-refractivity contribution in [1.82, 2.24) is 14.8 Å². The number of rotatable bonds is 7. The van der Waals surface area contributed by atoms with Crippen molar-refractivity contribution in [3.05, 3.63) is 87.1 Å². The van der Waals surface area contributed by atoms with E-state index in [-0.39, 0.29) is 12.3 Å². The molecule has 2 aromatic carbocycles. The highest BCUT2D eigenvalue weighted by Crippen LogP contribution is 2.28. The second-order valence-electron chi connectivity index (χ2n) is 7.41. The van der Waals surface area contributed by atoms with Crippen molar-refractivity contribution >= 4 is 34.5 Å². The van der Waals surface area contributed by atoms with Gasteiger partial charge in [0.2, 0.25) is 11.0 Å². The Morgan fingerprint density at radius 2 is 1.97 bits per heavy atom. The Bertz CT molecular complexity index is 1250. The number of aryl methyl sites for hydroxylation is 1. The van der Waals surface area contributed by atoms with E-state index in [2.05, 4.69) is 29.4 Å². The highest BCUT2D eigenvalue weighted by molar-refractivity contribution is 7.12. The van der Waals surface area contributed by atoms with Gasteiger partial charge in [-0.15, -0.1) is 11.3 Å². The first-order chi connectivity index (χ1) is 15.4. The number of methoxy groups -OCH3 is 1. The SMILES string of the molecule is COc1ccc(Cl)cc1NC(=O)Cc1csc(-n2nc(C)c(Cc3ccccc3)c2C)n1. The first-order valence-corrected chi connectivity index (χ1v) is 11.4. The molecule has 2 heterocycles. The standard InChI is InChI=1S/C24H23ClN4O2S/c1-15-20(11-17-7-5-4-6-8-17)16(2)29(28-15)24-26-19(14-32-24)13-23(30)27-21-12-18(25)9-10-22(21)31-3/h4-10,12,14H,11,13H2,1-3H3,(H,27,30). The third-order valence-corrected chi connectivity index (χ3v) is 6.26. The minimum atomic E-state index is -0.194. The van der Waals surface area contributed by atoms with Crippen LogP contribution >= 0.6 is 22.9 Å². The van der Waals surface area contributed by atoms with E-state index in [9.17, 15) is 4.79 Å². The molecule has 0 radical (unpaired) electrons. The van der Waals surface area contributed by atoms with Gasteiger partial charge in [-0.25, -0.2) is 9.67 Å². The first kappa shape index (κ1) is 22.0.